The highest BCUT2D eigenvalue weighted by Crippen LogP contribution is 2.06. The van der Waals surface area contributed by atoms with Crippen LogP contribution < -0.4 is 5.73 Å². The molecular formula is C13H15N3O4. The molecule has 1 rings (SSSR count). The maximum Gasteiger partial charge on any atom is 0.328 e. The van der Waals surface area contributed by atoms with E-state index in [0.717, 1.165) is 6.08 Å². The van der Waals surface area contributed by atoms with Crippen LogP contribution in [0.4, 0.5) is 0 Å². The molecule has 1 heterocycles. The largest absolute Gasteiger partial charge is 0.478 e. The van der Waals surface area contributed by atoms with Gasteiger partial charge in [-0.15, -0.1) is 0 Å². The lowest BCUT2D eigenvalue weighted by Crippen LogP contribution is -2.38. The van der Waals surface area contributed by atoms with Crippen LogP contribution in [-0.2, 0) is 9.59 Å². The van der Waals surface area contributed by atoms with E-state index >= 15 is 0 Å². The Morgan fingerprint density at radius 2 is 2.10 bits per heavy atom. The number of hydrogen-bond acceptors (Lipinski definition) is 4. The van der Waals surface area contributed by atoms with E-state index in [1.54, 1.807) is 13.0 Å². The summed E-state index contributed by atoms with van der Waals surface area (Å²) in [6.07, 6.45) is 3.72. The van der Waals surface area contributed by atoms with E-state index in [2.05, 4.69) is 4.98 Å². The summed E-state index contributed by atoms with van der Waals surface area (Å²) in [4.78, 5) is 38.5. The third kappa shape index (κ3) is 4.52. The summed E-state index contributed by atoms with van der Waals surface area (Å²) >= 11 is 0. The van der Waals surface area contributed by atoms with E-state index in [0.29, 0.717) is 12.1 Å². The Morgan fingerprint density at radius 3 is 2.55 bits per heavy atom. The van der Waals surface area contributed by atoms with E-state index in [9.17, 15) is 14.4 Å². The predicted molar refractivity (Wildman–Crippen MR) is 71.7 cm³/mol. The molecule has 7 nitrogen and oxygen atoms in total. The smallest absolute Gasteiger partial charge is 0.328 e. The SMILES string of the molecule is CCN(CC(N)=O)C(=O)c1ccc(/C=C/C(=O)O)cn1. The average molecular weight is 277 g/mol. The van der Waals surface area contributed by atoms with Gasteiger partial charge in [-0.05, 0) is 24.6 Å². The molecule has 2 amide bonds. The number of hydrogen-bond donors (Lipinski definition) is 2. The molecule has 3 N–H and O–H groups in total. The van der Waals surface area contributed by atoms with Gasteiger partial charge in [-0.25, -0.2) is 4.79 Å². The first-order valence-corrected chi connectivity index (χ1v) is 5.88. The summed E-state index contributed by atoms with van der Waals surface area (Å²) in [5.74, 6) is -2.06. The summed E-state index contributed by atoms with van der Waals surface area (Å²) in [6.45, 7) is 1.90. The van der Waals surface area contributed by atoms with Crippen molar-refractivity contribution in [3.8, 4) is 0 Å². The molecule has 0 spiro atoms. The van der Waals surface area contributed by atoms with E-state index in [1.165, 1.54) is 23.2 Å². The number of carbonyl (C=O) groups excluding carboxylic acids is 2. The van der Waals surface area contributed by atoms with Crippen molar-refractivity contribution in [3.05, 3.63) is 35.7 Å². The zero-order chi connectivity index (χ0) is 15.1. The van der Waals surface area contributed by atoms with Gasteiger partial charge in [0.05, 0.1) is 6.54 Å². The van der Waals surface area contributed by atoms with Gasteiger partial charge in [0.15, 0.2) is 0 Å². The number of carbonyl (C=O) groups is 3. The molecule has 0 saturated heterocycles. The second kappa shape index (κ2) is 7.03. The van der Waals surface area contributed by atoms with Gasteiger partial charge in [0, 0.05) is 18.8 Å². The molecule has 0 unspecified atom stereocenters. The lowest BCUT2D eigenvalue weighted by molar-refractivity contribution is -0.131. The summed E-state index contributed by atoms with van der Waals surface area (Å²) in [6, 6.07) is 3.03. The second-order valence-corrected chi connectivity index (χ2v) is 3.93. The van der Waals surface area contributed by atoms with Gasteiger partial charge in [-0.1, -0.05) is 6.07 Å². The second-order valence-electron chi connectivity index (χ2n) is 3.93. The Hall–Kier alpha value is -2.70. The van der Waals surface area contributed by atoms with E-state index in [1.807, 2.05) is 0 Å². The highest BCUT2D eigenvalue weighted by atomic mass is 16.4. The van der Waals surface area contributed by atoms with Crippen molar-refractivity contribution in [2.75, 3.05) is 13.1 Å². The van der Waals surface area contributed by atoms with Crippen LogP contribution in [0.2, 0.25) is 0 Å². The third-order valence-electron chi connectivity index (χ3n) is 2.44. The van der Waals surface area contributed by atoms with Crippen LogP contribution in [0.15, 0.2) is 24.4 Å². The molecule has 0 aliphatic rings. The number of nitrogens with zero attached hydrogens (tertiary/aromatic N) is 2. The summed E-state index contributed by atoms with van der Waals surface area (Å²) in [5, 5.41) is 8.49. The molecule has 0 radical (unpaired) electrons. The highest BCUT2D eigenvalue weighted by molar-refractivity contribution is 5.94. The lowest BCUT2D eigenvalue weighted by atomic mass is 10.2. The first kappa shape index (κ1) is 15.4. The molecule has 0 aliphatic carbocycles. The van der Waals surface area contributed by atoms with Crippen LogP contribution in [0.1, 0.15) is 23.0 Å². The Bertz CT molecular complexity index is 537. The van der Waals surface area contributed by atoms with Crippen LogP contribution in [0.25, 0.3) is 6.08 Å². The van der Waals surface area contributed by atoms with Gasteiger partial charge in [-0.2, -0.15) is 0 Å². The minimum absolute atomic E-state index is 0.167. The van der Waals surface area contributed by atoms with E-state index in [4.69, 9.17) is 10.8 Å². The molecule has 7 heteroatoms. The van der Waals surface area contributed by atoms with Crippen molar-refractivity contribution in [3.63, 3.8) is 0 Å². The lowest BCUT2D eigenvalue weighted by Gasteiger charge is -2.18. The number of aliphatic carboxylic acids is 1. The fourth-order valence-electron chi connectivity index (χ4n) is 1.48. The van der Waals surface area contributed by atoms with Crippen molar-refractivity contribution >= 4 is 23.9 Å². The minimum Gasteiger partial charge on any atom is -0.478 e. The topological polar surface area (TPSA) is 114 Å². The minimum atomic E-state index is -1.07. The fraction of sp³-hybridized carbons (Fsp3) is 0.231. The van der Waals surface area contributed by atoms with Crippen LogP contribution in [-0.4, -0.2) is 45.9 Å². The Labute approximate surface area is 115 Å². The molecule has 0 aliphatic heterocycles. The summed E-state index contributed by atoms with van der Waals surface area (Å²) < 4.78 is 0. The molecule has 1 aromatic heterocycles. The van der Waals surface area contributed by atoms with Gasteiger partial charge in [0.2, 0.25) is 5.91 Å². The number of primary amides is 1. The van der Waals surface area contributed by atoms with Crippen molar-refractivity contribution in [2.24, 2.45) is 5.73 Å². The van der Waals surface area contributed by atoms with Crippen molar-refractivity contribution in [1.82, 2.24) is 9.88 Å². The quantitative estimate of drug-likeness (QED) is 0.717. The Balaban J connectivity index is 2.84. The maximum absolute atomic E-state index is 12.0. The van der Waals surface area contributed by atoms with Gasteiger partial charge < -0.3 is 15.7 Å². The number of amides is 2. The molecule has 0 saturated carbocycles. The van der Waals surface area contributed by atoms with Crippen molar-refractivity contribution < 1.29 is 19.5 Å². The Kier molecular flexibility index (Phi) is 5.40. The van der Waals surface area contributed by atoms with Crippen LogP contribution in [0.3, 0.4) is 0 Å². The fourth-order valence-corrected chi connectivity index (χ4v) is 1.48. The highest BCUT2D eigenvalue weighted by Gasteiger charge is 2.16. The number of rotatable bonds is 6. The zero-order valence-electron chi connectivity index (χ0n) is 10.9. The number of carboxylic acids is 1. The van der Waals surface area contributed by atoms with Gasteiger partial charge in [0.1, 0.15) is 5.69 Å². The van der Waals surface area contributed by atoms with Crippen LogP contribution >= 0.6 is 0 Å². The zero-order valence-corrected chi connectivity index (χ0v) is 10.9. The molecule has 0 aromatic carbocycles. The summed E-state index contributed by atoms with van der Waals surface area (Å²) in [7, 11) is 0. The van der Waals surface area contributed by atoms with Gasteiger partial charge >= 0.3 is 5.97 Å². The summed E-state index contributed by atoms with van der Waals surface area (Å²) in [5.41, 5.74) is 5.78. The number of likely N-dealkylation sites (N-methyl/N-ethyl adjacent to an activating group) is 1. The number of nitrogens with two attached hydrogens (primary N) is 1. The molecule has 0 atom stereocenters. The number of pyridine rings is 1. The monoisotopic (exact) mass is 277 g/mol. The maximum atomic E-state index is 12.0. The van der Waals surface area contributed by atoms with Gasteiger partial charge in [-0.3, -0.25) is 14.6 Å². The standard InChI is InChI=1S/C13H15N3O4/c1-2-16(8-11(14)17)13(20)10-5-3-9(7-15-10)4-6-12(18)19/h3-7H,2,8H2,1H3,(H2,14,17)(H,18,19)/b6-4+. The molecular weight excluding hydrogens is 262 g/mol. The number of aromatic nitrogens is 1. The van der Waals surface area contributed by atoms with Crippen LogP contribution in [0.5, 0.6) is 0 Å². The molecule has 1 aromatic rings. The van der Waals surface area contributed by atoms with Gasteiger partial charge in [0.25, 0.3) is 5.91 Å². The van der Waals surface area contributed by atoms with Crippen molar-refractivity contribution in [1.29, 1.82) is 0 Å². The predicted octanol–water partition coefficient (Wildman–Crippen LogP) is 0.127. The molecule has 0 fully saturated rings. The normalized spacial score (nSPS) is 10.4. The van der Waals surface area contributed by atoms with Crippen molar-refractivity contribution in [2.45, 2.75) is 6.92 Å². The first-order valence-electron chi connectivity index (χ1n) is 5.88. The average Bonchev–Trinajstić information content (AvgIpc) is 2.42. The van der Waals surface area contributed by atoms with E-state index < -0.39 is 17.8 Å². The first-order chi connectivity index (χ1) is 9.43. The van der Waals surface area contributed by atoms with E-state index in [-0.39, 0.29) is 12.2 Å². The molecule has 106 valence electrons. The number of carboxylic acid groups (broad SMARTS) is 1. The molecule has 0 bridgehead atoms. The van der Waals surface area contributed by atoms with Crippen LogP contribution in [0, 0.1) is 0 Å². The molecule has 20 heavy (non-hydrogen) atoms. The Morgan fingerprint density at radius 1 is 1.40 bits per heavy atom. The third-order valence-corrected chi connectivity index (χ3v) is 2.44.